The first kappa shape index (κ1) is 35.3. The van der Waals surface area contributed by atoms with E-state index in [1.165, 1.54) is 24.3 Å². The Hall–Kier alpha value is -5.01. The number of nitrogens with zero attached hydrogens (tertiary/aromatic N) is 3. The summed E-state index contributed by atoms with van der Waals surface area (Å²) in [6, 6.07) is 27.2. The van der Waals surface area contributed by atoms with Gasteiger partial charge in [-0.1, -0.05) is 81.4 Å². The number of hydrogen-bond acceptors (Lipinski definition) is 8. The van der Waals surface area contributed by atoms with Crippen LogP contribution in [0.1, 0.15) is 66.0 Å². The van der Waals surface area contributed by atoms with Crippen molar-refractivity contribution < 1.29 is 33.5 Å². The van der Waals surface area contributed by atoms with E-state index in [9.17, 15) is 24.8 Å². The number of nitrogens with one attached hydrogen (secondary N) is 1. The van der Waals surface area contributed by atoms with Crippen LogP contribution in [0.4, 0.5) is 21.1 Å². The first-order valence-electron chi connectivity index (χ1n) is 16.1. The molecule has 0 aliphatic heterocycles. The van der Waals surface area contributed by atoms with E-state index < -0.39 is 43.2 Å². The number of nitro benzene ring substituents is 1. The lowest BCUT2D eigenvalue weighted by Gasteiger charge is -2.45. The number of benzene rings is 3. The molecule has 0 bridgehead atoms. The van der Waals surface area contributed by atoms with Crippen LogP contribution in [0.5, 0.6) is 5.75 Å². The molecule has 0 saturated heterocycles. The van der Waals surface area contributed by atoms with Crippen LogP contribution in [0, 0.1) is 10.1 Å². The molecule has 5 rings (SSSR count). The third-order valence-electron chi connectivity index (χ3n) is 8.71. The fraction of sp³-hybridized carbons (Fsp3) is 0.361. The summed E-state index contributed by atoms with van der Waals surface area (Å²) < 4.78 is 20.6. The van der Waals surface area contributed by atoms with Gasteiger partial charge in [0.1, 0.15) is 17.7 Å². The Labute approximate surface area is 286 Å². The molecule has 12 nitrogen and oxygen atoms in total. The second-order valence-corrected chi connectivity index (χ2v) is 18.5. The molecule has 1 heterocycles. The fourth-order valence-corrected chi connectivity index (χ4v) is 11.3. The molecule has 0 spiro atoms. The molecule has 0 unspecified atom stereocenters. The van der Waals surface area contributed by atoms with Crippen LogP contribution in [0.2, 0.25) is 5.04 Å². The number of carboxylic acid groups (broad SMARTS) is 1. The number of carbonyl (C=O) groups is 2. The lowest BCUT2D eigenvalue weighted by molar-refractivity contribution is -0.384. The van der Waals surface area contributed by atoms with Crippen LogP contribution >= 0.6 is 0 Å². The van der Waals surface area contributed by atoms with Crippen molar-refractivity contribution in [3.05, 3.63) is 107 Å². The Bertz CT molecular complexity index is 1740. The summed E-state index contributed by atoms with van der Waals surface area (Å²) in [5.74, 6) is 0.183. The van der Waals surface area contributed by atoms with E-state index in [2.05, 4.69) is 50.4 Å². The largest absolute Gasteiger partial charge is 0.514 e. The van der Waals surface area contributed by atoms with Crippen molar-refractivity contribution in [2.45, 2.75) is 83.1 Å². The molecule has 3 atom stereocenters. The summed E-state index contributed by atoms with van der Waals surface area (Å²) in [6.45, 7) is 12.3. The first-order valence-corrected chi connectivity index (χ1v) is 18.0. The van der Waals surface area contributed by atoms with Gasteiger partial charge in [-0.25, -0.2) is 14.3 Å². The summed E-state index contributed by atoms with van der Waals surface area (Å²) in [4.78, 5) is 35.5. The maximum Gasteiger partial charge on any atom is 0.514 e. The Kier molecular flexibility index (Phi) is 9.97. The zero-order valence-corrected chi connectivity index (χ0v) is 29.5. The van der Waals surface area contributed by atoms with Crippen molar-refractivity contribution in [2.75, 3.05) is 5.32 Å². The van der Waals surface area contributed by atoms with E-state index in [1.54, 1.807) is 10.7 Å². The second kappa shape index (κ2) is 13.8. The van der Waals surface area contributed by atoms with Gasteiger partial charge in [-0.2, -0.15) is 5.10 Å². The SMILES string of the molecule is CC(C)(C)n1nc([C@@H]2C[C@H](OC(=O)Oc3ccc([N+](=O)[O-])cc3)[C@H](O[Si](c3ccccc3)(c3ccccc3)C(C)(C)C)C2)cc1NC(=O)O. The van der Waals surface area contributed by atoms with Crippen LogP contribution in [-0.2, 0) is 14.7 Å². The molecule has 1 fully saturated rings. The van der Waals surface area contributed by atoms with Gasteiger partial charge in [0, 0.05) is 24.1 Å². The number of rotatable bonds is 9. The third kappa shape index (κ3) is 7.68. The Morgan fingerprint density at radius 1 is 0.898 bits per heavy atom. The molecule has 49 heavy (non-hydrogen) atoms. The zero-order chi connectivity index (χ0) is 35.6. The summed E-state index contributed by atoms with van der Waals surface area (Å²) in [6.07, 6.45) is -2.74. The van der Waals surface area contributed by atoms with Crippen LogP contribution < -0.4 is 20.4 Å². The number of carbonyl (C=O) groups excluding carboxylic acids is 1. The highest BCUT2D eigenvalue weighted by molar-refractivity contribution is 6.99. The van der Waals surface area contributed by atoms with E-state index in [1.807, 2.05) is 57.2 Å². The minimum absolute atomic E-state index is 0.0999. The Morgan fingerprint density at radius 2 is 1.45 bits per heavy atom. The lowest BCUT2D eigenvalue weighted by atomic mass is 10.0. The minimum atomic E-state index is -3.10. The van der Waals surface area contributed by atoms with Gasteiger partial charge < -0.3 is 19.0 Å². The smallest absolute Gasteiger partial charge is 0.465 e. The van der Waals surface area contributed by atoms with Gasteiger partial charge >= 0.3 is 12.2 Å². The predicted molar refractivity (Wildman–Crippen MR) is 187 cm³/mol. The second-order valence-electron chi connectivity index (χ2n) is 14.2. The summed E-state index contributed by atoms with van der Waals surface area (Å²) in [5, 5.41) is 29.7. The zero-order valence-electron chi connectivity index (χ0n) is 28.5. The van der Waals surface area contributed by atoms with Gasteiger partial charge in [0.2, 0.25) is 0 Å². The summed E-state index contributed by atoms with van der Waals surface area (Å²) in [5.41, 5.74) is -0.0154. The third-order valence-corrected chi connectivity index (χ3v) is 13.8. The molecule has 1 aliphatic carbocycles. The molecule has 0 radical (unpaired) electrons. The summed E-state index contributed by atoms with van der Waals surface area (Å²) in [7, 11) is -3.10. The molecular formula is C36H42N4O8Si. The van der Waals surface area contributed by atoms with Crippen LogP contribution in [0.3, 0.4) is 0 Å². The van der Waals surface area contributed by atoms with Gasteiger partial charge in [0.25, 0.3) is 14.0 Å². The first-order chi connectivity index (χ1) is 23.1. The Morgan fingerprint density at radius 3 is 1.94 bits per heavy atom. The highest BCUT2D eigenvalue weighted by atomic mass is 28.4. The fourth-order valence-electron chi connectivity index (χ4n) is 6.56. The number of non-ortho nitro benzene ring substituents is 1. The molecule has 3 aromatic carbocycles. The van der Waals surface area contributed by atoms with Crippen molar-refractivity contribution in [3.8, 4) is 5.75 Å². The highest BCUT2D eigenvalue weighted by Gasteiger charge is 2.54. The number of aromatic nitrogens is 2. The molecule has 4 aromatic rings. The van der Waals surface area contributed by atoms with Gasteiger partial charge in [-0.3, -0.25) is 15.4 Å². The van der Waals surface area contributed by atoms with E-state index in [0.717, 1.165) is 10.4 Å². The highest BCUT2D eigenvalue weighted by Crippen LogP contribution is 2.44. The molecule has 1 aromatic heterocycles. The number of nitro groups is 1. The normalized spacial score (nSPS) is 18.1. The van der Waals surface area contributed by atoms with Crippen molar-refractivity contribution in [2.24, 2.45) is 0 Å². The molecule has 1 amide bonds. The van der Waals surface area contributed by atoms with E-state index >= 15 is 0 Å². The predicted octanol–water partition coefficient (Wildman–Crippen LogP) is 7.04. The van der Waals surface area contributed by atoms with Gasteiger partial charge in [0.15, 0.2) is 0 Å². The number of anilines is 1. The number of amides is 1. The molecule has 2 N–H and O–H groups in total. The maximum atomic E-state index is 13.3. The quantitative estimate of drug-likeness (QED) is 0.0620. The van der Waals surface area contributed by atoms with Crippen molar-refractivity contribution in [3.63, 3.8) is 0 Å². The molecule has 1 saturated carbocycles. The molecule has 1 aliphatic rings. The van der Waals surface area contributed by atoms with Crippen molar-refractivity contribution >= 4 is 42.4 Å². The van der Waals surface area contributed by atoms with E-state index in [0.29, 0.717) is 24.4 Å². The van der Waals surface area contributed by atoms with Crippen molar-refractivity contribution in [1.29, 1.82) is 0 Å². The maximum absolute atomic E-state index is 13.3. The number of hydrogen-bond donors (Lipinski definition) is 2. The van der Waals surface area contributed by atoms with Crippen LogP contribution in [-0.4, -0.2) is 52.6 Å². The standard InChI is InChI=1S/C36H42N4O8Si/c1-35(2,3)39-32(37-33(41)42)23-29(38-39)24-21-30(47-34(43)46-26-19-17-25(18-20-26)40(44)45)31(22-24)48-49(36(4,5)6,27-13-9-7-10-14-27)28-15-11-8-12-16-28/h7-20,23-24,30-31,37H,21-22H2,1-6H3,(H,41,42)/t24-,30+,31-/m1/s1. The van der Waals surface area contributed by atoms with Gasteiger partial charge in [-0.05, 0) is 61.2 Å². The van der Waals surface area contributed by atoms with Crippen LogP contribution in [0.25, 0.3) is 0 Å². The van der Waals surface area contributed by atoms with E-state index in [4.69, 9.17) is 19.0 Å². The average molecular weight is 687 g/mol. The van der Waals surface area contributed by atoms with E-state index in [-0.39, 0.29) is 22.4 Å². The summed E-state index contributed by atoms with van der Waals surface area (Å²) >= 11 is 0. The topological polar surface area (TPSA) is 155 Å². The Balaban J connectivity index is 1.54. The monoisotopic (exact) mass is 686 g/mol. The minimum Gasteiger partial charge on any atom is -0.465 e. The van der Waals surface area contributed by atoms with Gasteiger partial charge in [-0.15, -0.1) is 0 Å². The molecule has 13 heteroatoms. The van der Waals surface area contributed by atoms with Crippen LogP contribution in [0.15, 0.2) is 91.0 Å². The van der Waals surface area contributed by atoms with Crippen molar-refractivity contribution in [1.82, 2.24) is 9.78 Å². The molecule has 258 valence electrons. The average Bonchev–Trinajstić information content (AvgIpc) is 3.64. The molecular weight excluding hydrogens is 645 g/mol. The lowest BCUT2D eigenvalue weighted by Crippen LogP contribution is -2.68. The van der Waals surface area contributed by atoms with Gasteiger partial charge in [0.05, 0.1) is 22.3 Å². The number of ether oxygens (including phenoxy) is 2.